The van der Waals surface area contributed by atoms with Crippen molar-refractivity contribution in [3.63, 3.8) is 0 Å². The van der Waals surface area contributed by atoms with Gasteiger partial charge in [-0.05, 0) is 36.0 Å². The van der Waals surface area contributed by atoms with Gasteiger partial charge in [-0.15, -0.1) is 0 Å². The second kappa shape index (κ2) is 7.93. The standard InChI is InChI=1S/C22H27N5O3/c1-22(2)5-9-26(10-6-22)20-14-18(30-3)21(29)27(24-20)15-17(28)12-16-4-8-25-11-7-23-19(25)13-16/h4,7-8,11,13-14H,5-6,9-10,12,15H2,1-3H3. The molecule has 8 nitrogen and oxygen atoms in total. The predicted molar refractivity (Wildman–Crippen MR) is 114 cm³/mol. The van der Waals surface area contributed by atoms with Crippen molar-refractivity contribution in [2.24, 2.45) is 5.41 Å². The number of carbonyl (C=O) groups is 1. The summed E-state index contributed by atoms with van der Waals surface area (Å²) in [6, 6.07) is 5.43. The van der Waals surface area contributed by atoms with Crippen molar-refractivity contribution < 1.29 is 9.53 Å². The number of ether oxygens (including phenoxy) is 1. The lowest BCUT2D eigenvalue weighted by atomic mass is 9.83. The summed E-state index contributed by atoms with van der Waals surface area (Å²) in [6.07, 6.45) is 7.74. The molecule has 4 heterocycles. The molecule has 3 aromatic rings. The molecule has 1 saturated heterocycles. The average Bonchev–Trinajstić information content (AvgIpc) is 3.17. The van der Waals surface area contributed by atoms with Gasteiger partial charge in [0.1, 0.15) is 12.2 Å². The third-order valence-corrected chi connectivity index (χ3v) is 5.78. The van der Waals surface area contributed by atoms with E-state index in [0.29, 0.717) is 11.2 Å². The number of methoxy groups -OCH3 is 1. The van der Waals surface area contributed by atoms with E-state index in [1.165, 1.54) is 11.8 Å². The summed E-state index contributed by atoms with van der Waals surface area (Å²) >= 11 is 0. The summed E-state index contributed by atoms with van der Waals surface area (Å²) in [5, 5.41) is 4.49. The van der Waals surface area contributed by atoms with E-state index in [0.717, 1.165) is 37.1 Å². The monoisotopic (exact) mass is 409 g/mol. The molecular weight excluding hydrogens is 382 g/mol. The van der Waals surface area contributed by atoms with Crippen LogP contribution in [0.2, 0.25) is 0 Å². The summed E-state index contributed by atoms with van der Waals surface area (Å²) < 4.78 is 8.38. The van der Waals surface area contributed by atoms with Gasteiger partial charge in [0.15, 0.2) is 17.4 Å². The van der Waals surface area contributed by atoms with E-state index in [2.05, 4.69) is 28.8 Å². The van der Waals surface area contributed by atoms with Crippen molar-refractivity contribution in [3.8, 4) is 5.75 Å². The number of ketones is 1. The van der Waals surface area contributed by atoms with Gasteiger partial charge in [0.05, 0.1) is 7.11 Å². The first-order valence-corrected chi connectivity index (χ1v) is 10.2. The fraction of sp³-hybridized carbons (Fsp3) is 0.455. The number of imidazole rings is 1. The van der Waals surface area contributed by atoms with Crippen molar-refractivity contribution in [2.75, 3.05) is 25.1 Å². The molecule has 0 spiro atoms. The molecule has 1 aliphatic rings. The van der Waals surface area contributed by atoms with Gasteiger partial charge >= 0.3 is 5.56 Å². The van der Waals surface area contributed by atoms with Crippen LogP contribution in [0.25, 0.3) is 5.65 Å². The van der Waals surface area contributed by atoms with Crippen LogP contribution >= 0.6 is 0 Å². The van der Waals surface area contributed by atoms with Crippen LogP contribution in [0.1, 0.15) is 32.3 Å². The van der Waals surface area contributed by atoms with E-state index in [4.69, 9.17) is 4.74 Å². The lowest BCUT2D eigenvalue weighted by Crippen LogP contribution is -2.39. The normalized spacial score (nSPS) is 16.0. The minimum absolute atomic E-state index is 0.0953. The molecule has 8 heteroatoms. The van der Waals surface area contributed by atoms with Crippen LogP contribution in [-0.4, -0.2) is 45.1 Å². The van der Waals surface area contributed by atoms with Crippen LogP contribution in [0.4, 0.5) is 5.82 Å². The molecule has 0 radical (unpaired) electrons. The summed E-state index contributed by atoms with van der Waals surface area (Å²) in [4.78, 5) is 31.8. The summed E-state index contributed by atoms with van der Waals surface area (Å²) in [5.41, 5.74) is 1.55. The highest BCUT2D eigenvalue weighted by molar-refractivity contribution is 5.80. The van der Waals surface area contributed by atoms with Crippen molar-refractivity contribution in [1.29, 1.82) is 0 Å². The van der Waals surface area contributed by atoms with E-state index in [1.807, 2.05) is 28.9 Å². The number of anilines is 1. The zero-order valence-electron chi connectivity index (χ0n) is 17.7. The van der Waals surface area contributed by atoms with Gasteiger partial charge in [-0.25, -0.2) is 9.67 Å². The number of rotatable bonds is 6. The van der Waals surface area contributed by atoms with Crippen LogP contribution in [0, 0.1) is 5.41 Å². The molecule has 1 aliphatic heterocycles. The second-order valence-corrected chi connectivity index (χ2v) is 8.63. The fourth-order valence-corrected chi connectivity index (χ4v) is 3.77. The Kier molecular flexibility index (Phi) is 5.32. The van der Waals surface area contributed by atoms with Crippen LogP contribution < -0.4 is 15.2 Å². The van der Waals surface area contributed by atoms with Gasteiger partial charge in [-0.2, -0.15) is 5.10 Å². The first-order valence-electron chi connectivity index (χ1n) is 10.2. The molecular formula is C22H27N5O3. The van der Waals surface area contributed by atoms with Gasteiger partial charge in [-0.1, -0.05) is 13.8 Å². The van der Waals surface area contributed by atoms with E-state index in [1.54, 1.807) is 12.3 Å². The Hall–Kier alpha value is -3.16. The molecule has 158 valence electrons. The summed E-state index contributed by atoms with van der Waals surface area (Å²) in [7, 11) is 1.46. The van der Waals surface area contributed by atoms with Gasteiger partial charge in [0.25, 0.3) is 0 Å². The largest absolute Gasteiger partial charge is 0.491 e. The average molecular weight is 409 g/mol. The van der Waals surface area contributed by atoms with E-state index >= 15 is 0 Å². The van der Waals surface area contributed by atoms with Crippen molar-refractivity contribution in [1.82, 2.24) is 19.2 Å². The Labute approximate surface area is 175 Å². The van der Waals surface area contributed by atoms with Crippen LogP contribution in [0.3, 0.4) is 0 Å². The molecule has 30 heavy (non-hydrogen) atoms. The molecule has 0 aliphatic carbocycles. The molecule has 4 rings (SSSR count). The molecule has 0 amide bonds. The predicted octanol–water partition coefficient (Wildman–Crippen LogP) is 2.34. The summed E-state index contributed by atoms with van der Waals surface area (Å²) in [5.74, 6) is 0.782. The third kappa shape index (κ3) is 4.22. The molecule has 0 aromatic carbocycles. The van der Waals surface area contributed by atoms with E-state index in [-0.39, 0.29) is 24.5 Å². The number of fused-ring (bicyclic) bond motifs is 1. The number of piperidine rings is 1. The molecule has 0 saturated carbocycles. The van der Waals surface area contributed by atoms with Crippen LogP contribution in [0.5, 0.6) is 5.75 Å². The van der Waals surface area contributed by atoms with Crippen molar-refractivity contribution in [2.45, 2.75) is 39.7 Å². The van der Waals surface area contributed by atoms with Gasteiger partial charge in [-0.3, -0.25) is 9.59 Å². The number of pyridine rings is 1. The minimum atomic E-state index is -0.393. The van der Waals surface area contributed by atoms with Crippen LogP contribution in [-0.2, 0) is 17.8 Å². The maximum atomic E-state index is 12.7. The summed E-state index contributed by atoms with van der Waals surface area (Å²) in [6.45, 7) is 6.15. The maximum absolute atomic E-state index is 12.7. The second-order valence-electron chi connectivity index (χ2n) is 8.63. The zero-order chi connectivity index (χ0) is 21.3. The Morgan fingerprint density at radius 3 is 2.70 bits per heavy atom. The Morgan fingerprint density at radius 2 is 1.97 bits per heavy atom. The smallest absolute Gasteiger partial charge is 0.309 e. The van der Waals surface area contributed by atoms with Crippen LogP contribution in [0.15, 0.2) is 41.6 Å². The lowest BCUT2D eigenvalue weighted by Gasteiger charge is -2.37. The van der Waals surface area contributed by atoms with Crippen molar-refractivity contribution in [3.05, 3.63) is 52.7 Å². The highest BCUT2D eigenvalue weighted by Gasteiger charge is 2.27. The molecule has 0 N–H and O–H groups in total. The maximum Gasteiger partial charge on any atom is 0.309 e. The number of hydrogen-bond donors (Lipinski definition) is 0. The molecule has 0 bridgehead atoms. The number of nitrogens with zero attached hydrogens (tertiary/aromatic N) is 5. The molecule has 1 fully saturated rings. The van der Waals surface area contributed by atoms with Crippen molar-refractivity contribution >= 4 is 17.2 Å². The SMILES string of the molecule is COc1cc(N2CCC(C)(C)CC2)nn(CC(=O)Cc2ccn3ccnc3c2)c1=O. The minimum Gasteiger partial charge on any atom is -0.491 e. The van der Waals surface area contributed by atoms with Gasteiger partial charge < -0.3 is 14.0 Å². The van der Waals surface area contributed by atoms with Gasteiger partial charge in [0.2, 0.25) is 0 Å². The highest BCUT2D eigenvalue weighted by atomic mass is 16.5. The molecule has 3 aromatic heterocycles. The first-order chi connectivity index (χ1) is 14.3. The Bertz CT molecular complexity index is 1120. The molecule has 0 unspecified atom stereocenters. The van der Waals surface area contributed by atoms with E-state index in [9.17, 15) is 9.59 Å². The lowest BCUT2D eigenvalue weighted by molar-refractivity contribution is -0.119. The Morgan fingerprint density at radius 1 is 1.20 bits per heavy atom. The number of aromatic nitrogens is 4. The Balaban J connectivity index is 1.53. The number of hydrogen-bond acceptors (Lipinski definition) is 6. The number of carbonyl (C=O) groups excluding carboxylic acids is 1. The van der Waals surface area contributed by atoms with E-state index < -0.39 is 5.56 Å². The molecule has 0 atom stereocenters. The first kappa shape index (κ1) is 20.1. The fourth-order valence-electron chi connectivity index (χ4n) is 3.77. The zero-order valence-corrected chi connectivity index (χ0v) is 17.7. The number of Topliss-reactive ketones (excluding diaryl/α,β-unsaturated/α-hetero) is 1. The van der Waals surface area contributed by atoms with Gasteiger partial charge in [0, 0.05) is 44.2 Å². The highest BCUT2D eigenvalue weighted by Crippen LogP contribution is 2.31. The third-order valence-electron chi connectivity index (χ3n) is 5.78. The topological polar surface area (TPSA) is 81.7 Å². The quantitative estimate of drug-likeness (QED) is 0.622.